The Labute approximate surface area is 98.0 Å². The number of alkyl halides is 3. The van der Waals surface area contributed by atoms with Crippen LogP contribution in [0.25, 0.3) is 0 Å². The van der Waals surface area contributed by atoms with E-state index < -0.39 is 35.5 Å². The molecular formula is C9H8F4O5. The van der Waals surface area contributed by atoms with E-state index in [4.69, 9.17) is 5.11 Å². The Morgan fingerprint density at radius 3 is 1.94 bits per heavy atom. The molecule has 0 fully saturated rings. The van der Waals surface area contributed by atoms with Gasteiger partial charge in [-0.05, 0) is 0 Å². The first kappa shape index (κ1) is 16.1. The molecule has 2 atom stereocenters. The van der Waals surface area contributed by atoms with Gasteiger partial charge in [-0.1, -0.05) is 6.08 Å². The van der Waals surface area contributed by atoms with Gasteiger partial charge in [0.05, 0.1) is 7.11 Å². The van der Waals surface area contributed by atoms with Gasteiger partial charge in [0.25, 0.3) is 5.41 Å². The smallest absolute Gasteiger partial charge is 0.415 e. The van der Waals surface area contributed by atoms with Gasteiger partial charge in [0.2, 0.25) is 0 Å². The molecule has 0 aliphatic heterocycles. The van der Waals surface area contributed by atoms with Crippen molar-refractivity contribution in [2.24, 2.45) is 11.3 Å². The molecule has 0 bridgehead atoms. The van der Waals surface area contributed by atoms with Crippen molar-refractivity contribution in [2.75, 3.05) is 7.11 Å². The van der Waals surface area contributed by atoms with E-state index in [1.165, 1.54) is 0 Å². The first-order valence-corrected chi connectivity index (χ1v) is 4.27. The van der Waals surface area contributed by atoms with Crippen LogP contribution in [0.4, 0.5) is 17.6 Å². The zero-order chi connectivity index (χ0) is 14.7. The number of halogens is 4. The molecule has 9 heteroatoms. The van der Waals surface area contributed by atoms with Crippen LogP contribution < -0.4 is 0 Å². The molecule has 0 rings (SSSR count). The van der Waals surface area contributed by atoms with Crippen molar-refractivity contribution in [3.63, 3.8) is 0 Å². The second-order valence-electron chi connectivity index (χ2n) is 3.12. The van der Waals surface area contributed by atoms with E-state index in [0.29, 0.717) is 7.11 Å². The largest absolute Gasteiger partial charge is 0.480 e. The van der Waals surface area contributed by atoms with Gasteiger partial charge in [0.1, 0.15) is 5.92 Å². The number of methoxy groups -OCH3 is 1. The lowest BCUT2D eigenvalue weighted by molar-refractivity contribution is -0.243. The first-order chi connectivity index (χ1) is 8.07. The lowest BCUT2D eigenvalue weighted by atomic mass is 9.74. The summed E-state index contributed by atoms with van der Waals surface area (Å²) in [5.41, 5.74) is -4.55. The Morgan fingerprint density at radius 1 is 1.33 bits per heavy atom. The van der Waals surface area contributed by atoms with Crippen molar-refractivity contribution in [3.8, 4) is 0 Å². The summed E-state index contributed by atoms with van der Waals surface area (Å²) >= 11 is 0. The van der Waals surface area contributed by atoms with E-state index in [0.717, 1.165) is 0 Å². The molecule has 0 aliphatic carbocycles. The van der Waals surface area contributed by atoms with Crippen LogP contribution in [0.2, 0.25) is 0 Å². The minimum atomic E-state index is -5.84. The highest BCUT2D eigenvalue weighted by atomic mass is 19.4. The Kier molecular flexibility index (Phi) is 4.60. The summed E-state index contributed by atoms with van der Waals surface area (Å²) < 4.78 is 54.8. The van der Waals surface area contributed by atoms with Crippen LogP contribution in [0, 0.1) is 11.3 Å². The molecule has 2 unspecified atom stereocenters. The molecule has 0 aromatic heterocycles. The van der Waals surface area contributed by atoms with Gasteiger partial charge in [-0.3, -0.25) is 14.4 Å². The van der Waals surface area contributed by atoms with E-state index in [2.05, 4.69) is 11.3 Å². The van der Waals surface area contributed by atoms with Gasteiger partial charge in [0, 0.05) is 0 Å². The molecule has 0 aliphatic rings. The van der Waals surface area contributed by atoms with Crippen LogP contribution in [-0.4, -0.2) is 36.4 Å². The highest BCUT2D eigenvalue weighted by Crippen LogP contribution is 2.46. The number of ether oxygens (including phenoxy) is 1. The van der Waals surface area contributed by atoms with E-state index in [1.54, 1.807) is 0 Å². The topological polar surface area (TPSA) is 80.7 Å². The molecule has 1 N–H and O–H groups in total. The summed E-state index contributed by atoms with van der Waals surface area (Å²) in [5.74, 6) is -7.31. The maximum Gasteiger partial charge on any atom is 0.415 e. The summed E-state index contributed by atoms with van der Waals surface area (Å²) in [4.78, 5) is 32.3. The molecule has 18 heavy (non-hydrogen) atoms. The van der Waals surface area contributed by atoms with Gasteiger partial charge in [0.15, 0.2) is 0 Å². The van der Waals surface area contributed by atoms with Gasteiger partial charge < -0.3 is 9.84 Å². The second kappa shape index (κ2) is 5.15. The van der Waals surface area contributed by atoms with Crippen LogP contribution in [0.3, 0.4) is 0 Å². The van der Waals surface area contributed by atoms with Crippen molar-refractivity contribution in [2.45, 2.75) is 6.18 Å². The standard InChI is InChI=1S/C9H8F4O5/c1-3-4(5(14)18-2)8(6(10)15,7(16)17)9(11,12)13/h3-4H,1H2,2H3,(H,16,17). The Hall–Kier alpha value is -1.93. The molecule has 0 aromatic carbocycles. The summed E-state index contributed by atoms with van der Waals surface area (Å²) in [5, 5.41) is 8.54. The fourth-order valence-electron chi connectivity index (χ4n) is 1.33. The van der Waals surface area contributed by atoms with Crippen molar-refractivity contribution >= 4 is 18.0 Å². The average Bonchev–Trinajstić information content (AvgIpc) is 2.21. The van der Waals surface area contributed by atoms with Crippen molar-refractivity contribution in [1.82, 2.24) is 0 Å². The lowest BCUT2D eigenvalue weighted by Gasteiger charge is -2.31. The fourth-order valence-corrected chi connectivity index (χ4v) is 1.33. The van der Waals surface area contributed by atoms with Gasteiger partial charge >= 0.3 is 24.2 Å². The fraction of sp³-hybridized carbons (Fsp3) is 0.444. The molecule has 0 amide bonds. The predicted molar refractivity (Wildman–Crippen MR) is 47.9 cm³/mol. The average molecular weight is 272 g/mol. The first-order valence-electron chi connectivity index (χ1n) is 4.27. The van der Waals surface area contributed by atoms with Crippen LogP contribution in [0.15, 0.2) is 12.7 Å². The van der Waals surface area contributed by atoms with E-state index in [-0.39, 0.29) is 6.08 Å². The van der Waals surface area contributed by atoms with Crippen LogP contribution in [-0.2, 0) is 19.1 Å². The molecule has 5 nitrogen and oxygen atoms in total. The molecule has 0 saturated carbocycles. The van der Waals surface area contributed by atoms with Gasteiger partial charge in [-0.25, -0.2) is 0 Å². The highest BCUT2D eigenvalue weighted by Gasteiger charge is 2.72. The second-order valence-corrected chi connectivity index (χ2v) is 3.12. The van der Waals surface area contributed by atoms with E-state index in [9.17, 15) is 31.9 Å². The van der Waals surface area contributed by atoms with Gasteiger partial charge in [-0.15, -0.1) is 6.58 Å². The summed E-state index contributed by atoms with van der Waals surface area (Å²) in [6, 6.07) is -3.22. The Morgan fingerprint density at radius 2 is 1.78 bits per heavy atom. The molecule has 0 heterocycles. The van der Waals surface area contributed by atoms with Crippen molar-refractivity contribution in [3.05, 3.63) is 12.7 Å². The van der Waals surface area contributed by atoms with Crippen LogP contribution >= 0.6 is 0 Å². The number of carbonyl (C=O) groups excluding carboxylic acids is 2. The Bertz CT molecular complexity index is 373. The minimum absolute atomic E-state index is 0.199. The number of esters is 1. The Balaban J connectivity index is 6.19. The third-order valence-electron chi connectivity index (χ3n) is 2.25. The maximum atomic E-state index is 12.7. The predicted octanol–water partition coefficient (Wildman–Crippen LogP) is 1.09. The molecule has 0 saturated heterocycles. The van der Waals surface area contributed by atoms with E-state index >= 15 is 0 Å². The van der Waals surface area contributed by atoms with Crippen molar-refractivity contribution < 1.29 is 41.8 Å². The summed E-state index contributed by atoms with van der Waals surface area (Å²) in [6.45, 7) is 2.79. The monoisotopic (exact) mass is 272 g/mol. The number of hydrogen-bond donors (Lipinski definition) is 1. The number of carboxylic acids is 1. The summed E-state index contributed by atoms with van der Waals surface area (Å²) in [7, 11) is 0.657. The van der Waals surface area contributed by atoms with Gasteiger partial charge in [-0.2, -0.15) is 17.6 Å². The minimum Gasteiger partial charge on any atom is -0.480 e. The maximum absolute atomic E-state index is 12.7. The zero-order valence-corrected chi connectivity index (χ0v) is 8.95. The van der Waals surface area contributed by atoms with E-state index in [1.807, 2.05) is 0 Å². The molecule has 0 aromatic rings. The molecule has 102 valence electrons. The number of rotatable bonds is 5. The number of hydrogen-bond acceptors (Lipinski definition) is 4. The quantitative estimate of drug-likeness (QED) is 0.266. The number of carboxylic acid groups (broad SMARTS) is 1. The van der Waals surface area contributed by atoms with Crippen LogP contribution in [0.1, 0.15) is 0 Å². The normalized spacial score (nSPS) is 16.3. The number of aliphatic carboxylic acids is 1. The third-order valence-corrected chi connectivity index (χ3v) is 2.25. The number of carbonyl (C=O) groups is 3. The molecular weight excluding hydrogens is 264 g/mol. The lowest BCUT2D eigenvalue weighted by Crippen LogP contribution is -2.56. The van der Waals surface area contributed by atoms with Crippen molar-refractivity contribution in [1.29, 1.82) is 0 Å². The highest BCUT2D eigenvalue weighted by molar-refractivity contribution is 6.04. The zero-order valence-electron chi connectivity index (χ0n) is 8.95. The summed E-state index contributed by atoms with van der Waals surface area (Å²) in [6.07, 6.45) is -5.64. The SMILES string of the molecule is C=CC(C(=O)OC)C(C(=O)O)(C(=O)F)C(F)(F)F. The third kappa shape index (κ3) is 2.20. The molecule has 0 radical (unpaired) electrons. The van der Waals surface area contributed by atoms with Crippen LogP contribution in [0.5, 0.6) is 0 Å². The molecule has 0 spiro atoms.